The summed E-state index contributed by atoms with van der Waals surface area (Å²) in [6.45, 7) is 1.19. The van der Waals surface area contributed by atoms with Gasteiger partial charge in [0.2, 0.25) is 0 Å². The number of allylic oxidation sites excluding steroid dienone is 1. The standard InChI is InChI=1S/C25H27N3O3/c1-28(24(29)17-6-3-2-4-7-17)20-10-11-21-18(14-20)8-5-9-19(21)15-27-23-16-26-13-12-22(23)25(30)31/h2-4,6-7,10-11,14,16,19,27H,5,8-9,12-13,15H2,1H3,(H,30,31). The van der Waals surface area contributed by atoms with E-state index in [4.69, 9.17) is 0 Å². The van der Waals surface area contributed by atoms with Gasteiger partial charge < -0.3 is 15.3 Å². The molecule has 2 aromatic rings. The van der Waals surface area contributed by atoms with E-state index < -0.39 is 5.97 Å². The van der Waals surface area contributed by atoms with Crippen LogP contribution in [0.5, 0.6) is 0 Å². The first kappa shape index (κ1) is 20.8. The highest BCUT2D eigenvalue weighted by Gasteiger charge is 2.23. The number of aliphatic imine (C=N–C) groups is 1. The maximum absolute atomic E-state index is 12.8. The third kappa shape index (κ3) is 4.53. The Labute approximate surface area is 182 Å². The van der Waals surface area contributed by atoms with Crippen molar-refractivity contribution in [1.29, 1.82) is 0 Å². The molecule has 6 heteroatoms. The average Bonchev–Trinajstić information content (AvgIpc) is 2.82. The third-order valence-electron chi connectivity index (χ3n) is 6.11. The lowest BCUT2D eigenvalue weighted by molar-refractivity contribution is -0.132. The summed E-state index contributed by atoms with van der Waals surface area (Å²) in [6, 6.07) is 15.5. The number of dihydropyridines is 1. The van der Waals surface area contributed by atoms with Gasteiger partial charge in [0.15, 0.2) is 0 Å². The van der Waals surface area contributed by atoms with Crippen molar-refractivity contribution >= 4 is 23.8 Å². The fraction of sp³-hybridized carbons (Fsp3) is 0.320. The van der Waals surface area contributed by atoms with Gasteiger partial charge in [0.05, 0.1) is 11.3 Å². The molecule has 0 aromatic heterocycles. The molecule has 1 unspecified atom stereocenters. The number of carbonyl (C=O) groups excluding carboxylic acids is 1. The van der Waals surface area contributed by atoms with Crippen LogP contribution in [0.1, 0.15) is 46.7 Å². The highest BCUT2D eigenvalue weighted by atomic mass is 16.4. The minimum Gasteiger partial charge on any atom is -0.478 e. The lowest BCUT2D eigenvalue weighted by Gasteiger charge is -2.28. The van der Waals surface area contributed by atoms with Crippen LogP contribution in [0.25, 0.3) is 0 Å². The molecule has 1 atom stereocenters. The van der Waals surface area contributed by atoms with Crippen molar-refractivity contribution in [3.63, 3.8) is 0 Å². The molecule has 1 aliphatic carbocycles. The van der Waals surface area contributed by atoms with Crippen LogP contribution >= 0.6 is 0 Å². The van der Waals surface area contributed by atoms with Crippen LogP contribution in [0.3, 0.4) is 0 Å². The lowest BCUT2D eigenvalue weighted by atomic mass is 9.82. The first-order chi connectivity index (χ1) is 15.0. The molecule has 0 saturated heterocycles. The molecule has 0 radical (unpaired) electrons. The second kappa shape index (κ2) is 9.16. The van der Waals surface area contributed by atoms with Crippen LogP contribution in [0, 0.1) is 0 Å². The van der Waals surface area contributed by atoms with Gasteiger partial charge in [-0.15, -0.1) is 0 Å². The Morgan fingerprint density at radius 2 is 1.97 bits per heavy atom. The molecule has 2 aromatic carbocycles. The Hall–Kier alpha value is -3.41. The van der Waals surface area contributed by atoms with Gasteiger partial charge in [-0.3, -0.25) is 9.79 Å². The Balaban J connectivity index is 1.50. The summed E-state index contributed by atoms with van der Waals surface area (Å²) in [7, 11) is 1.81. The number of benzene rings is 2. The smallest absolute Gasteiger partial charge is 0.333 e. The number of anilines is 1. The number of nitrogens with one attached hydrogen (secondary N) is 1. The zero-order chi connectivity index (χ0) is 21.8. The van der Waals surface area contributed by atoms with Crippen LogP contribution in [0.15, 0.2) is 64.8 Å². The molecule has 2 aliphatic rings. The van der Waals surface area contributed by atoms with Crippen LogP contribution in [0.4, 0.5) is 5.69 Å². The summed E-state index contributed by atoms with van der Waals surface area (Å²) in [5.74, 6) is -0.612. The lowest BCUT2D eigenvalue weighted by Crippen LogP contribution is -2.29. The zero-order valence-corrected chi connectivity index (χ0v) is 17.7. The number of hydrogen-bond acceptors (Lipinski definition) is 4. The van der Waals surface area contributed by atoms with Gasteiger partial charge in [0, 0.05) is 49.9 Å². The molecule has 31 heavy (non-hydrogen) atoms. The van der Waals surface area contributed by atoms with E-state index in [9.17, 15) is 14.7 Å². The molecular formula is C25H27N3O3. The molecular weight excluding hydrogens is 390 g/mol. The average molecular weight is 418 g/mol. The normalized spacial score (nSPS) is 17.8. The SMILES string of the molecule is CN(C(=O)c1ccccc1)c1ccc2c(c1)CCCC2CNC1=C(C(=O)O)CCN=C1. The van der Waals surface area contributed by atoms with Crippen LogP contribution in [-0.4, -0.2) is 43.3 Å². The van der Waals surface area contributed by atoms with E-state index in [1.54, 1.807) is 18.2 Å². The summed E-state index contributed by atoms with van der Waals surface area (Å²) in [5.41, 5.74) is 5.11. The predicted octanol–water partition coefficient (Wildman–Crippen LogP) is 3.79. The Morgan fingerprint density at radius 1 is 1.16 bits per heavy atom. The minimum absolute atomic E-state index is 0.0284. The molecule has 0 bridgehead atoms. The van der Waals surface area contributed by atoms with Gasteiger partial charge in [-0.25, -0.2) is 4.79 Å². The first-order valence-electron chi connectivity index (χ1n) is 10.7. The molecule has 0 saturated carbocycles. The van der Waals surface area contributed by atoms with E-state index >= 15 is 0 Å². The number of carboxylic acids is 1. The van der Waals surface area contributed by atoms with E-state index in [0.717, 1.165) is 24.9 Å². The summed E-state index contributed by atoms with van der Waals surface area (Å²) < 4.78 is 0. The molecule has 1 aliphatic heterocycles. The van der Waals surface area contributed by atoms with Crippen molar-refractivity contribution in [2.24, 2.45) is 4.99 Å². The quantitative estimate of drug-likeness (QED) is 0.749. The van der Waals surface area contributed by atoms with Gasteiger partial charge in [-0.05, 0) is 54.7 Å². The number of aryl methyl sites for hydroxylation is 1. The second-order valence-electron chi connectivity index (χ2n) is 8.07. The summed E-state index contributed by atoms with van der Waals surface area (Å²) >= 11 is 0. The van der Waals surface area contributed by atoms with Crippen molar-refractivity contribution in [3.8, 4) is 0 Å². The van der Waals surface area contributed by atoms with Crippen molar-refractivity contribution in [1.82, 2.24) is 5.32 Å². The third-order valence-corrected chi connectivity index (χ3v) is 6.11. The number of aliphatic carboxylic acids is 1. The first-order valence-corrected chi connectivity index (χ1v) is 10.7. The Morgan fingerprint density at radius 3 is 2.74 bits per heavy atom. The molecule has 2 N–H and O–H groups in total. The number of carboxylic acid groups (broad SMARTS) is 1. The molecule has 6 nitrogen and oxygen atoms in total. The second-order valence-corrected chi connectivity index (χ2v) is 8.07. The predicted molar refractivity (Wildman–Crippen MR) is 122 cm³/mol. The van der Waals surface area contributed by atoms with Crippen molar-refractivity contribution < 1.29 is 14.7 Å². The van der Waals surface area contributed by atoms with E-state index in [0.29, 0.717) is 42.3 Å². The fourth-order valence-corrected chi connectivity index (χ4v) is 4.37. The summed E-state index contributed by atoms with van der Waals surface area (Å²) in [6.07, 6.45) is 5.20. The summed E-state index contributed by atoms with van der Waals surface area (Å²) in [5, 5.41) is 12.7. The monoisotopic (exact) mass is 417 g/mol. The number of hydrogen-bond donors (Lipinski definition) is 2. The molecule has 0 fully saturated rings. The number of nitrogens with zero attached hydrogens (tertiary/aromatic N) is 2. The number of rotatable bonds is 6. The van der Waals surface area contributed by atoms with Crippen LogP contribution in [0.2, 0.25) is 0 Å². The Bertz CT molecular complexity index is 1040. The maximum Gasteiger partial charge on any atom is 0.333 e. The molecule has 1 amide bonds. The van der Waals surface area contributed by atoms with E-state index in [-0.39, 0.29) is 5.91 Å². The molecule has 0 spiro atoms. The fourth-order valence-electron chi connectivity index (χ4n) is 4.37. The molecule has 4 rings (SSSR count). The van der Waals surface area contributed by atoms with Gasteiger partial charge in [0.1, 0.15) is 0 Å². The minimum atomic E-state index is -0.881. The van der Waals surface area contributed by atoms with Gasteiger partial charge in [-0.1, -0.05) is 24.3 Å². The van der Waals surface area contributed by atoms with Crippen molar-refractivity contribution in [3.05, 3.63) is 76.5 Å². The molecule has 160 valence electrons. The zero-order valence-electron chi connectivity index (χ0n) is 17.7. The van der Waals surface area contributed by atoms with Crippen molar-refractivity contribution in [2.45, 2.75) is 31.6 Å². The number of fused-ring (bicyclic) bond motifs is 1. The number of amides is 1. The number of carbonyl (C=O) groups is 2. The topological polar surface area (TPSA) is 82.0 Å². The van der Waals surface area contributed by atoms with E-state index in [2.05, 4.69) is 22.4 Å². The van der Waals surface area contributed by atoms with Gasteiger partial charge in [0.25, 0.3) is 5.91 Å². The molecule has 1 heterocycles. The van der Waals surface area contributed by atoms with E-state index in [1.807, 2.05) is 36.4 Å². The van der Waals surface area contributed by atoms with Gasteiger partial charge >= 0.3 is 5.97 Å². The highest BCUT2D eigenvalue weighted by Crippen LogP contribution is 2.34. The highest BCUT2D eigenvalue weighted by molar-refractivity contribution is 6.05. The summed E-state index contributed by atoms with van der Waals surface area (Å²) in [4.78, 5) is 30.2. The largest absolute Gasteiger partial charge is 0.478 e. The van der Waals surface area contributed by atoms with Gasteiger partial charge in [-0.2, -0.15) is 0 Å². The van der Waals surface area contributed by atoms with Crippen molar-refractivity contribution in [2.75, 3.05) is 25.0 Å². The Kier molecular flexibility index (Phi) is 6.16. The van der Waals surface area contributed by atoms with E-state index in [1.165, 1.54) is 11.1 Å². The van der Waals surface area contributed by atoms with Crippen LogP contribution in [-0.2, 0) is 11.2 Å². The maximum atomic E-state index is 12.8. The van der Waals surface area contributed by atoms with Crippen LogP contribution < -0.4 is 10.2 Å².